The fraction of sp³-hybridized carbons (Fsp3) is 0.846. The summed E-state index contributed by atoms with van der Waals surface area (Å²) in [5.74, 6) is -1.11. The number of aliphatic carboxylic acids is 1. The van der Waals surface area contributed by atoms with E-state index in [0.717, 1.165) is 12.8 Å². The second kappa shape index (κ2) is 6.73. The van der Waals surface area contributed by atoms with Crippen LogP contribution in [0.3, 0.4) is 0 Å². The molecule has 1 aliphatic rings. The number of carboxylic acids is 1. The van der Waals surface area contributed by atoms with E-state index in [2.05, 4.69) is 12.2 Å². The molecule has 3 unspecified atom stereocenters. The minimum Gasteiger partial charge on any atom is -0.481 e. The van der Waals surface area contributed by atoms with Crippen LogP contribution in [0.5, 0.6) is 0 Å². The van der Waals surface area contributed by atoms with E-state index in [1.54, 1.807) is 0 Å². The Morgan fingerprint density at radius 3 is 2.67 bits per heavy atom. The third kappa shape index (κ3) is 3.98. The first kappa shape index (κ1) is 15.0. The van der Waals surface area contributed by atoms with Crippen molar-refractivity contribution in [3.63, 3.8) is 0 Å². The number of carbonyl (C=O) groups is 2. The molecule has 0 aromatic rings. The molecule has 2 N–H and O–H groups in total. The molecule has 1 amide bonds. The Morgan fingerprint density at radius 2 is 2.17 bits per heavy atom. The summed E-state index contributed by atoms with van der Waals surface area (Å²) in [6.45, 7) is 6.96. The smallest absolute Gasteiger partial charge is 0.308 e. The molecule has 0 aromatic carbocycles. The van der Waals surface area contributed by atoms with Gasteiger partial charge in [-0.1, -0.05) is 13.3 Å². The molecular weight excluding hydrogens is 232 g/mol. The quantitative estimate of drug-likeness (QED) is 0.746. The van der Waals surface area contributed by atoms with Crippen molar-refractivity contribution in [2.75, 3.05) is 13.1 Å². The lowest BCUT2D eigenvalue weighted by atomic mass is 10.0. The zero-order chi connectivity index (χ0) is 13.7. The maximum absolute atomic E-state index is 11.8. The maximum Gasteiger partial charge on any atom is 0.308 e. The minimum atomic E-state index is -0.759. The predicted molar refractivity (Wildman–Crippen MR) is 69.3 cm³/mol. The molecule has 1 heterocycles. The molecule has 3 atom stereocenters. The SMILES string of the molecule is CCCC(C)NC(=O)CN1CCC(C(=O)O)C1C. The lowest BCUT2D eigenvalue weighted by molar-refractivity contribution is -0.142. The predicted octanol–water partition coefficient (Wildman–Crippen LogP) is 1.09. The Morgan fingerprint density at radius 1 is 1.50 bits per heavy atom. The average molecular weight is 256 g/mol. The van der Waals surface area contributed by atoms with Gasteiger partial charge in [0.1, 0.15) is 0 Å². The van der Waals surface area contributed by atoms with Gasteiger partial charge in [0.25, 0.3) is 0 Å². The second-order valence-corrected chi connectivity index (χ2v) is 5.20. The van der Waals surface area contributed by atoms with Crippen LogP contribution in [0.2, 0.25) is 0 Å². The molecule has 0 aliphatic carbocycles. The number of nitrogens with zero attached hydrogens (tertiary/aromatic N) is 1. The normalized spacial score (nSPS) is 25.9. The molecule has 104 valence electrons. The first-order valence-electron chi connectivity index (χ1n) is 6.72. The van der Waals surface area contributed by atoms with E-state index in [4.69, 9.17) is 5.11 Å². The van der Waals surface area contributed by atoms with Gasteiger partial charge in [0.15, 0.2) is 0 Å². The minimum absolute atomic E-state index is 0.00570. The number of rotatable bonds is 6. The van der Waals surface area contributed by atoms with Crippen LogP contribution in [0, 0.1) is 5.92 Å². The Hall–Kier alpha value is -1.10. The van der Waals surface area contributed by atoms with E-state index in [-0.39, 0.29) is 23.9 Å². The fourth-order valence-corrected chi connectivity index (χ4v) is 2.57. The van der Waals surface area contributed by atoms with Crippen molar-refractivity contribution in [2.45, 2.75) is 52.1 Å². The highest BCUT2D eigenvalue weighted by Gasteiger charge is 2.36. The summed E-state index contributed by atoms with van der Waals surface area (Å²) in [7, 11) is 0. The van der Waals surface area contributed by atoms with Crippen LogP contribution in [0.1, 0.15) is 40.0 Å². The summed E-state index contributed by atoms with van der Waals surface area (Å²) in [5, 5.41) is 12.0. The summed E-state index contributed by atoms with van der Waals surface area (Å²) in [6, 6.07) is 0.130. The molecule has 5 nitrogen and oxygen atoms in total. The van der Waals surface area contributed by atoms with Gasteiger partial charge in [-0.25, -0.2) is 0 Å². The van der Waals surface area contributed by atoms with Gasteiger partial charge in [0.2, 0.25) is 5.91 Å². The average Bonchev–Trinajstić information content (AvgIpc) is 2.60. The summed E-state index contributed by atoms with van der Waals surface area (Å²) in [4.78, 5) is 24.7. The number of likely N-dealkylation sites (tertiary alicyclic amines) is 1. The Bertz CT molecular complexity index is 307. The third-order valence-corrected chi connectivity index (χ3v) is 3.68. The number of nitrogens with one attached hydrogen (secondary N) is 1. The molecule has 1 aliphatic heterocycles. The van der Waals surface area contributed by atoms with Crippen molar-refractivity contribution in [2.24, 2.45) is 5.92 Å². The van der Waals surface area contributed by atoms with Crippen LogP contribution in [-0.4, -0.2) is 47.1 Å². The lowest BCUT2D eigenvalue weighted by Crippen LogP contribution is -2.43. The van der Waals surface area contributed by atoms with Crippen molar-refractivity contribution in [3.8, 4) is 0 Å². The topological polar surface area (TPSA) is 69.6 Å². The van der Waals surface area contributed by atoms with E-state index >= 15 is 0 Å². The number of carboxylic acid groups (broad SMARTS) is 1. The Labute approximate surface area is 109 Å². The summed E-state index contributed by atoms with van der Waals surface area (Å²) in [5.41, 5.74) is 0. The van der Waals surface area contributed by atoms with Gasteiger partial charge in [-0.15, -0.1) is 0 Å². The monoisotopic (exact) mass is 256 g/mol. The molecule has 18 heavy (non-hydrogen) atoms. The van der Waals surface area contributed by atoms with Gasteiger partial charge in [-0.3, -0.25) is 14.5 Å². The number of carbonyl (C=O) groups excluding carboxylic acids is 1. The zero-order valence-electron chi connectivity index (χ0n) is 11.5. The van der Waals surface area contributed by atoms with Crippen LogP contribution in [0.15, 0.2) is 0 Å². The van der Waals surface area contributed by atoms with Gasteiger partial charge in [-0.2, -0.15) is 0 Å². The highest BCUT2D eigenvalue weighted by Crippen LogP contribution is 2.23. The second-order valence-electron chi connectivity index (χ2n) is 5.20. The van der Waals surface area contributed by atoms with Crippen LogP contribution in [-0.2, 0) is 9.59 Å². The van der Waals surface area contributed by atoms with E-state index < -0.39 is 5.97 Å². The van der Waals surface area contributed by atoms with Crippen LogP contribution < -0.4 is 5.32 Å². The summed E-state index contributed by atoms with van der Waals surface area (Å²) < 4.78 is 0. The van der Waals surface area contributed by atoms with Crippen molar-refractivity contribution < 1.29 is 14.7 Å². The van der Waals surface area contributed by atoms with Gasteiger partial charge >= 0.3 is 5.97 Å². The van der Waals surface area contributed by atoms with Crippen LogP contribution in [0.4, 0.5) is 0 Å². The number of hydrogen-bond acceptors (Lipinski definition) is 3. The summed E-state index contributed by atoms with van der Waals surface area (Å²) in [6.07, 6.45) is 2.65. The molecular formula is C13H24N2O3. The summed E-state index contributed by atoms with van der Waals surface area (Å²) >= 11 is 0. The van der Waals surface area contributed by atoms with Crippen molar-refractivity contribution in [3.05, 3.63) is 0 Å². The largest absolute Gasteiger partial charge is 0.481 e. The van der Waals surface area contributed by atoms with E-state index in [1.807, 2.05) is 18.7 Å². The van der Waals surface area contributed by atoms with Crippen molar-refractivity contribution in [1.29, 1.82) is 0 Å². The highest BCUT2D eigenvalue weighted by molar-refractivity contribution is 5.78. The van der Waals surface area contributed by atoms with Crippen LogP contribution in [0.25, 0.3) is 0 Å². The highest BCUT2D eigenvalue weighted by atomic mass is 16.4. The van der Waals surface area contributed by atoms with E-state index in [0.29, 0.717) is 19.5 Å². The molecule has 5 heteroatoms. The molecule has 0 aromatic heterocycles. The molecule has 0 spiro atoms. The molecule has 1 saturated heterocycles. The number of amides is 1. The van der Waals surface area contributed by atoms with E-state index in [9.17, 15) is 9.59 Å². The Balaban J connectivity index is 2.39. The first-order valence-corrected chi connectivity index (χ1v) is 6.72. The molecule has 1 fully saturated rings. The Kier molecular flexibility index (Phi) is 5.59. The van der Waals surface area contributed by atoms with E-state index in [1.165, 1.54) is 0 Å². The van der Waals surface area contributed by atoms with Gasteiger partial charge in [-0.05, 0) is 33.2 Å². The van der Waals surface area contributed by atoms with Crippen LogP contribution >= 0.6 is 0 Å². The first-order chi connectivity index (χ1) is 8.45. The molecule has 0 bridgehead atoms. The maximum atomic E-state index is 11.8. The molecule has 1 rings (SSSR count). The zero-order valence-corrected chi connectivity index (χ0v) is 11.5. The fourth-order valence-electron chi connectivity index (χ4n) is 2.57. The van der Waals surface area contributed by atoms with Gasteiger partial charge < -0.3 is 10.4 Å². The standard InChI is InChI=1S/C13H24N2O3/c1-4-5-9(2)14-12(16)8-15-7-6-11(10(15)3)13(17)18/h9-11H,4-8H2,1-3H3,(H,14,16)(H,17,18). The van der Waals surface area contributed by atoms with Gasteiger partial charge in [0.05, 0.1) is 12.5 Å². The van der Waals surface area contributed by atoms with Crippen molar-refractivity contribution >= 4 is 11.9 Å². The third-order valence-electron chi connectivity index (χ3n) is 3.68. The molecule has 0 radical (unpaired) electrons. The number of hydrogen-bond donors (Lipinski definition) is 2. The van der Waals surface area contributed by atoms with Gasteiger partial charge in [0, 0.05) is 12.1 Å². The molecule has 0 saturated carbocycles. The van der Waals surface area contributed by atoms with Crippen molar-refractivity contribution in [1.82, 2.24) is 10.2 Å². The lowest BCUT2D eigenvalue weighted by Gasteiger charge is -2.23.